The molecule has 0 amide bonds. The van der Waals surface area contributed by atoms with Gasteiger partial charge in [0.05, 0.1) is 12.8 Å². The zero-order chi connectivity index (χ0) is 14.4. The van der Waals surface area contributed by atoms with Crippen LogP contribution in [0.2, 0.25) is 0 Å². The summed E-state index contributed by atoms with van der Waals surface area (Å²) in [6, 6.07) is 8.54. The van der Waals surface area contributed by atoms with E-state index in [0.29, 0.717) is 6.61 Å². The lowest BCUT2D eigenvalue weighted by molar-refractivity contribution is 0.331. The Morgan fingerprint density at radius 3 is 2.80 bits per heavy atom. The average Bonchev–Trinajstić information content (AvgIpc) is 2.87. The molecule has 108 valence electrons. The van der Waals surface area contributed by atoms with Crippen molar-refractivity contribution < 1.29 is 4.74 Å². The van der Waals surface area contributed by atoms with E-state index in [0.717, 1.165) is 18.6 Å². The first-order valence-electron chi connectivity index (χ1n) is 7.11. The van der Waals surface area contributed by atoms with Crippen LogP contribution in [0.1, 0.15) is 30.5 Å². The largest absolute Gasteiger partial charge is 0.494 e. The topological polar surface area (TPSA) is 39.1 Å². The molecule has 20 heavy (non-hydrogen) atoms. The van der Waals surface area contributed by atoms with Gasteiger partial charge in [-0.25, -0.2) is 0 Å². The highest BCUT2D eigenvalue weighted by Crippen LogP contribution is 2.28. The van der Waals surface area contributed by atoms with Crippen molar-refractivity contribution in [3.8, 4) is 5.75 Å². The van der Waals surface area contributed by atoms with Gasteiger partial charge in [0, 0.05) is 24.8 Å². The molecule has 2 rings (SSSR count). The minimum atomic E-state index is 0.290. The molecule has 2 aromatic rings. The maximum absolute atomic E-state index is 5.72. The number of hydrogen-bond acceptors (Lipinski definition) is 3. The molecule has 1 aromatic carbocycles. The Morgan fingerprint density at radius 2 is 2.15 bits per heavy atom. The Bertz CT molecular complexity index is 536. The van der Waals surface area contributed by atoms with E-state index < -0.39 is 0 Å². The number of para-hydroxylation sites is 1. The van der Waals surface area contributed by atoms with Gasteiger partial charge in [-0.2, -0.15) is 5.10 Å². The smallest absolute Gasteiger partial charge is 0.124 e. The number of aryl methyl sites for hydroxylation is 2. The normalized spacial score (nSPS) is 12.3. The molecule has 1 N–H and O–H groups in total. The van der Waals surface area contributed by atoms with Crippen LogP contribution >= 0.6 is 0 Å². The van der Waals surface area contributed by atoms with Gasteiger partial charge >= 0.3 is 0 Å². The van der Waals surface area contributed by atoms with Gasteiger partial charge in [0.2, 0.25) is 0 Å². The molecule has 0 aliphatic carbocycles. The SMILES string of the molecule is CCOc1ccccc1C(CCc1cnn(C)c1)NC. The van der Waals surface area contributed by atoms with Crippen LogP contribution in [-0.4, -0.2) is 23.4 Å². The lowest BCUT2D eigenvalue weighted by Gasteiger charge is -2.19. The van der Waals surface area contributed by atoms with Gasteiger partial charge in [0.1, 0.15) is 5.75 Å². The summed E-state index contributed by atoms with van der Waals surface area (Å²) in [5.74, 6) is 0.973. The van der Waals surface area contributed by atoms with Crippen LogP contribution in [-0.2, 0) is 13.5 Å². The van der Waals surface area contributed by atoms with Crippen molar-refractivity contribution in [1.82, 2.24) is 15.1 Å². The number of hydrogen-bond donors (Lipinski definition) is 1. The lowest BCUT2D eigenvalue weighted by Crippen LogP contribution is -2.18. The van der Waals surface area contributed by atoms with Gasteiger partial charge < -0.3 is 10.1 Å². The van der Waals surface area contributed by atoms with Crippen molar-refractivity contribution in [2.75, 3.05) is 13.7 Å². The zero-order valence-electron chi connectivity index (χ0n) is 12.5. The summed E-state index contributed by atoms with van der Waals surface area (Å²) < 4.78 is 7.56. The quantitative estimate of drug-likeness (QED) is 0.843. The van der Waals surface area contributed by atoms with Crippen LogP contribution in [0.25, 0.3) is 0 Å². The minimum absolute atomic E-state index is 0.290. The van der Waals surface area contributed by atoms with Crippen molar-refractivity contribution in [3.63, 3.8) is 0 Å². The number of aromatic nitrogens is 2. The van der Waals surface area contributed by atoms with E-state index in [1.54, 1.807) is 0 Å². The van der Waals surface area contributed by atoms with Crippen molar-refractivity contribution >= 4 is 0 Å². The summed E-state index contributed by atoms with van der Waals surface area (Å²) in [5, 5.41) is 7.60. The summed E-state index contributed by atoms with van der Waals surface area (Å²) in [6.45, 7) is 2.71. The number of nitrogens with one attached hydrogen (secondary N) is 1. The molecule has 0 aliphatic heterocycles. The second-order valence-electron chi connectivity index (χ2n) is 4.87. The van der Waals surface area contributed by atoms with E-state index in [-0.39, 0.29) is 6.04 Å². The molecule has 4 nitrogen and oxygen atoms in total. The molecular weight excluding hydrogens is 250 g/mol. The fraction of sp³-hybridized carbons (Fsp3) is 0.438. The predicted molar refractivity (Wildman–Crippen MR) is 80.9 cm³/mol. The molecular formula is C16H23N3O. The van der Waals surface area contributed by atoms with E-state index in [9.17, 15) is 0 Å². The summed E-state index contributed by atoms with van der Waals surface area (Å²) in [5.41, 5.74) is 2.49. The number of rotatable bonds is 7. The third kappa shape index (κ3) is 3.61. The molecule has 0 saturated carbocycles. The molecule has 0 fully saturated rings. The van der Waals surface area contributed by atoms with E-state index in [2.05, 4.69) is 28.7 Å². The Hall–Kier alpha value is -1.81. The van der Waals surface area contributed by atoms with E-state index in [4.69, 9.17) is 4.74 Å². The molecule has 0 spiro atoms. The van der Waals surface area contributed by atoms with Gasteiger partial charge in [-0.05, 0) is 38.4 Å². The van der Waals surface area contributed by atoms with Gasteiger partial charge in [0.15, 0.2) is 0 Å². The van der Waals surface area contributed by atoms with Crippen LogP contribution in [0.4, 0.5) is 0 Å². The maximum Gasteiger partial charge on any atom is 0.124 e. The highest BCUT2D eigenvalue weighted by atomic mass is 16.5. The van der Waals surface area contributed by atoms with Crippen molar-refractivity contribution in [1.29, 1.82) is 0 Å². The van der Waals surface area contributed by atoms with Crippen molar-refractivity contribution in [3.05, 3.63) is 47.8 Å². The predicted octanol–water partition coefficient (Wildman–Crippen LogP) is 2.71. The van der Waals surface area contributed by atoms with E-state index >= 15 is 0 Å². The van der Waals surface area contributed by atoms with Crippen molar-refractivity contribution in [2.45, 2.75) is 25.8 Å². The van der Waals surface area contributed by atoms with Crippen molar-refractivity contribution in [2.24, 2.45) is 7.05 Å². The molecule has 0 bridgehead atoms. The lowest BCUT2D eigenvalue weighted by atomic mass is 9.99. The van der Waals surface area contributed by atoms with Gasteiger partial charge in [-0.1, -0.05) is 18.2 Å². The first-order valence-corrected chi connectivity index (χ1v) is 7.11. The number of ether oxygens (including phenoxy) is 1. The van der Waals surface area contributed by atoms with Gasteiger partial charge in [-0.3, -0.25) is 4.68 Å². The Morgan fingerprint density at radius 1 is 1.35 bits per heavy atom. The second-order valence-corrected chi connectivity index (χ2v) is 4.87. The van der Waals surface area contributed by atoms with Crippen LogP contribution in [0.5, 0.6) is 5.75 Å². The molecule has 1 unspecified atom stereocenters. The van der Waals surface area contributed by atoms with Crippen LogP contribution in [0.3, 0.4) is 0 Å². The first kappa shape index (κ1) is 14.6. The standard InChI is InChI=1S/C16H23N3O/c1-4-20-16-8-6-5-7-14(16)15(17-2)10-9-13-11-18-19(3)12-13/h5-8,11-12,15,17H,4,9-10H2,1-3H3. The van der Waals surface area contributed by atoms with E-state index in [1.807, 2.05) is 44.0 Å². The molecule has 0 radical (unpaired) electrons. The molecule has 1 atom stereocenters. The third-order valence-electron chi connectivity index (χ3n) is 3.42. The Kier molecular flexibility index (Phi) is 5.18. The summed E-state index contributed by atoms with van der Waals surface area (Å²) in [7, 11) is 3.94. The number of benzene rings is 1. The second kappa shape index (κ2) is 7.10. The maximum atomic E-state index is 5.72. The molecule has 1 heterocycles. The minimum Gasteiger partial charge on any atom is -0.494 e. The van der Waals surface area contributed by atoms with Gasteiger partial charge in [0.25, 0.3) is 0 Å². The summed E-state index contributed by atoms with van der Waals surface area (Å²) in [4.78, 5) is 0. The molecule has 4 heteroatoms. The van der Waals surface area contributed by atoms with Gasteiger partial charge in [-0.15, -0.1) is 0 Å². The highest BCUT2D eigenvalue weighted by Gasteiger charge is 2.14. The summed E-state index contributed by atoms with van der Waals surface area (Å²) in [6.07, 6.45) is 6.02. The fourth-order valence-electron chi connectivity index (χ4n) is 2.42. The zero-order valence-corrected chi connectivity index (χ0v) is 12.5. The molecule has 0 aliphatic rings. The fourth-order valence-corrected chi connectivity index (χ4v) is 2.42. The first-order chi connectivity index (χ1) is 9.74. The summed E-state index contributed by atoms with van der Waals surface area (Å²) >= 11 is 0. The third-order valence-corrected chi connectivity index (χ3v) is 3.42. The Labute approximate surface area is 120 Å². The molecule has 1 aromatic heterocycles. The van der Waals surface area contributed by atoms with Crippen LogP contribution in [0.15, 0.2) is 36.7 Å². The monoisotopic (exact) mass is 273 g/mol. The molecule has 0 saturated heterocycles. The Balaban J connectivity index is 2.07. The average molecular weight is 273 g/mol. The van der Waals surface area contributed by atoms with Crippen LogP contribution in [0, 0.1) is 0 Å². The van der Waals surface area contributed by atoms with Crippen LogP contribution < -0.4 is 10.1 Å². The van der Waals surface area contributed by atoms with E-state index in [1.165, 1.54) is 11.1 Å². The highest BCUT2D eigenvalue weighted by molar-refractivity contribution is 5.36. The number of nitrogens with zero attached hydrogens (tertiary/aromatic N) is 2.